The first-order chi connectivity index (χ1) is 12.6. The summed E-state index contributed by atoms with van der Waals surface area (Å²) in [5.74, 6) is 0.171. The third-order valence-corrected chi connectivity index (χ3v) is 5.72. The zero-order chi connectivity index (χ0) is 18.5. The highest BCUT2D eigenvalue weighted by molar-refractivity contribution is 6.06. The maximum atomic E-state index is 12.5. The van der Waals surface area contributed by atoms with E-state index in [4.69, 9.17) is 9.47 Å². The molecular formula is C20H29NO5. The molecule has 1 saturated carbocycles. The summed E-state index contributed by atoms with van der Waals surface area (Å²) < 4.78 is 10.3. The topological polar surface area (TPSA) is 72.9 Å². The molecule has 2 amide bonds. The van der Waals surface area contributed by atoms with Gasteiger partial charge in [0, 0.05) is 32.6 Å². The number of fused-ring (bicyclic) bond motifs is 5. The number of rotatable bonds is 11. The summed E-state index contributed by atoms with van der Waals surface area (Å²) in [6, 6.07) is 0. The van der Waals surface area contributed by atoms with Gasteiger partial charge in [-0.15, -0.1) is 0 Å². The van der Waals surface area contributed by atoms with Crippen molar-refractivity contribution >= 4 is 17.8 Å². The SMILES string of the molecule is CCOCCCOC(=O)CCCCCN1C(=O)[C@@H]2C3C=CC(C3)[C@@H]2C1=O. The van der Waals surface area contributed by atoms with Crippen molar-refractivity contribution in [3.8, 4) is 0 Å². The van der Waals surface area contributed by atoms with E-state index < -0.39 is 0 Å². The zero-order valence-corrected chi connectivity index (χ0v) is 15.5. The van der Waals surface area contributed by atoms with Gasteiger partial charge in [0.15, 0.2) is 0 Å². The average molecular weight is 363 g/mol. The van der Waals surface area contributed by atoms with Gasteiger partial charge in [0.1, 0.15) is 0 Å². The number of allylic oxidation sites excluding steroid dienone is 2. The molecule has 0 aromatic heterocycles. The van der Waals surface area contributed by atoms with Crippen molar-refractivity contribution in [2.45, 2.75) is 45.4 Å². The van der Waals surface area contributed by atoms with Crippen molar-refractivity contribution in [3.05, 3.63) is 12.2 Å². The number of carbonyl (C=O) groups is 3. The molecule has 2 unspecified atom stereocenters. The van der Waals surface area contributed by atoms with Crippen LogP contribution in [0.1, 0.15) is 45.4 Å². The van der Waals surface area contributed by atoms with Gasteiger partial charge in [-0.05, 0) is 38.0 Å². The molecule has 0 aromatic carbocycles. The second-order valence-corrected chi connectivity index (χ2v) is 7.41. The maximum absolute atomic E-state index is 12.5. The first-order valence-electron chi connectivity index (χ1n) is 9.90. The molecule has 2 bridgehead atoms. The number of carbonyl (C=O) groups excluding carboxylic acids is 3. The van der Waals surface area contributed by atoms with E-state index in [9.17, 15) is 14.4 Å². The lowest BCUT2D eigenvalue weighted by Crippen LogP contribution is -2.33. The Morgan fingerprint density at radius 3 is 2.38 bits per heavy atom. The minimum absolute atomic E-state index is 0.0190. The molecule has 4 atom stereocenters. The van der Waals surface area contributed by atoms with Crippen LogP contribution in [0.5, 0.6) is 0 Å². The molecule has 1 heterocycles. The van der Waals surface area contributed by atoms with Crippen molar-refractivity contribution in [2.24, 2.45) is 23.7 Å². The third kappa shape index (κ3) is 4.00. The van der Waals surface area contributed by atoms with Crippen LogP contribution < -0.4 is 0 Å². The Kier molecular flexibility index (Phi) is 6.46. The van der Waals surface area contributed by atoms with Gasteiger partial charge in [-0.3, -0.25) is 19.3 Å². The highest BCUT2D eigenvalue weighted by Crippen LogP contribution is 2.52. The van der Waals surface area contributed by atoms with Crippen LogP contribution in [0, 0.1) is 23.7 Å². The summed E-state index contributed by atoms with van der Waals surface area (Å²) in [5, 5.41) is 0. The monoisotopic (exact) mass is 363 g/mol. The quantitative estimate of drug-likeness (QED) is 0.244. The first-order valence-corrected chi connectivity index (χ1v) is 9.90. The summed E-state index contributed by atoms with van der Waals surface area (Å²) in [7, 11) is 0. The van der Waals surface area contributed by atoms with Crippen molar-refractivity contribution < 1.29 is 23.9 Å². The van der Waals surface area contributed by atoms with Crippen LogP contribution >= 0.6 is 0 Å². The van der Waals surface area contributed by atoms with E-state index in [1.54, 1.807) is 0 Å². The van der Waals surface area contributed by atoms with E-state index in [-0.39, 0.29) is 41.5 Å². The van der Waals surface area contributed by atoms with E-state index in [1.807, 2.05) is 6.92 Å². The Hall–Kier alpha value is -1.69. The smallest absolute Gasteiger partial charge is 0.305 e. The lowest BCUT2D eigenvalue weighted by Gasteiger charge is -2.16. The summed E-state index contributed by atoms with van der Waals surface area (Å²) in [5.41, 5.74) is 0. The average Bonchev–Trinajstić information content (AvgIpc) is 3.30. The number of unbranched alkanes of at least 4 members (excludes halogenated alkanes) is 2. The second kappa shape index (κ2) is 8.80. The summed E-state index contributed by atoms with van der Waals surface area (Å²) in [6.45, 7) is 4.10. The van der Waals surface area contributed by atoms with Gasteiger partial charge in [-0.1, -0.05) is 18.6 Å². The van der Waals surface area contributed by atoms with E-state index in [2.05, 4.69) is 12.2 Å². The molecule has 2 fully saturated rings. The van der Waals surface area contributed by atoms with E-state index in [0.717, 1.165) is 32.1 Å². The molecular weight excluding hydrogens is 334 g/mol. The lowest BCUT2D eigenvalue weighted by molar-refractivity contribution is -0.144. The van der Waals surface area contributed by atoms with Gasteiger partial charge >= 0.3 is 5.97 Å². The van der Waals surface area contributed by atoms with E-state index in [1.165, 1.54) is 4.90 Å². The van der Waals surface area contributed by atoms with Crippen LogP contribution in [0.15, 0.2) is 12.2 Å². The van der Waals surface area contributed by atoms with Crippen LogP contribution in [-0.4, -0.2) is 49.0 Å². The summed E-state index contributed by atoms with van der Waals surface area (Å²) in [4.78, 5) is 38.2. The fourth-order valence-corrected chi connectivity index (χ4v) is 4.46. The summed E-state index contributed by atoms with van der Waals surface area (Å²) >= 11 is 0. The number of esters is 1. The lowest BCUT2D eigenvalue weighted by atomic mass is 9.85. The highest BCUT2D eigenvalue weighted by atomic mass is 16.5. The van der Waals surface area contributed by atoms with Gasteiger partial charge in [0.05, 0.1) is 18.4 Å². The number of amides is 2. The molecule has 0 aromatic rings. The number of imide groups is 1. The van der Waals surface area contributed by atoms with Crippen LogP contribution in [0.4, 0.5) is 0 Å². The van der Waals surface area contributed by atoms with Crippen LogP contribution in [0.2, 0.25) is 0 Å². The standard InChI is InChI=1S/C20H29NO5/c1-2-25-11-6-12-26-16(22)7-4-3-5-10-21-19(23)17-14-8-9-15(13-14)18(17)20(21)24/h8-9,14-15,17-18H,2-7,10-13H2,1H3/t14?,15?,17-,18+. The van der Waals surface area contributed by atoms with Crippen molar-refractivity contribution in [1.82, 2.24) is 4.90 Å². The molecule has 0 spiro atoms. The fraction of sp³-hybridized carbons (Fsp3) is 0.750. The first kappa shape index (κ1) is 19.1. The Bertz CT molecular complexity index is 543. The van der Waals surface area contributed by atoms with Crippen LogP contribution in [0.3, 0.4) is 0 Å². The van der Waals surface area contributed by atoms with Crippen LogP contribution in [-0.2, 0) is 23.9 Å². The molecule has 3 rings (SSSR count). The second-order valence-electron chi connectivity index (χ2n) is 7.41. The Balaban J connectivity index is 1.28. The van der Waals surface area contributed by atoms with E-state index >= 15 is 0 Å². The van der Waals surface area contributed by atoms with E-state index in [0.29, 0.717) is 32.8 Å². The minimum atomic E-state index is -0.188. The fourth-order valence-electron chi connectivity index (χ4n) is 4.46. The Labute approximate surface area is 154 Å². The largest absolute Gasteiger partial charge is 0.466 e. The van der Waals surface area contributed by atoms with Gasteiger partial charge in [0.2, 0.25) is 11.8 Å². The molecule has 6 heteroatoms. The number of hydrogen-bond acceptors (Lipinski definition) is 5. The van der Waals surface area contributed by atoms with Crippen molar-refractivity contribution in [1.29, 1.82) is 0 Å². The summed E-state index contributed by atoms with van der Waals surface area (Å²) in [6.07, 6.45) is 8.57. The van der Waals surface area contributed by atoms with Gasteiger partial charge in [-0.25, -0.2) is 0 Å². The predicted molar refractivity (Wildman–Crippen MR) is 95.0 cm³/mol. The van der Waals surface area contributed by atoms with Crippen molar-refractivity contribution in [3.63, 3.8) is 0 Å². The number of hydrogen-bond donors (Lipinski definition) is 0. The normalized spacial score (nSPS) is 28.9. The molecule has 26 heavy (non-hydrogen) atoms. The zero-order valence-electron chi connectivity index (χ0n) is 15.5. The number of nitrogens with zero attached hydrogens (tertiary/aromatic N) is 1. The highest BCUT2D eigenvalue weighted by Gasteiger charge is 2.58. The molecule has 0 N–H and O–H groups in total. The Morgan fingerprint density at radius 1 is 1.04 bits per heavy atom. The van der Waals surface area contributed by atoms with Crippen LogP contribution in [0.25, 0.3) is 0 Å². The molecule has 144 valence electrons. The van der Waals surface area contributed by atoms with Gasteiger partial charge in [0.25, 0.3) is 0 Å². The molecule has 3 aliphatic rings. The number of likely N-dealkylation sites (tertiary alicyclic amines) is 1. The minimum Gasteiger partial charge on any atom is -0.466 e. The Morgan fingerprint density at radius 2 is 1.73 bits per heavy atom. The molecule has 0 radical (unpaired) electrons. The number of ether oxygens (including phenoxy) is 2. The maximum Gasteiger partial charge on any atom is 0.305 e. The van der Waals surface area contributed by atoms with Gasteiger partial charge < -0.3 is 9.47 Å². The molecule has 2 aliphatic carbocycles. The molecule has 1 saturated heterocycles. The van der Waals surface area contributed by atoms with Crippen molar-refractivity contribution in [2.75, 3.05) is 26.4 Å². The molecule has 6 nitrogen and oxygen atoms in total. The third-order valence-electron chi connectivity index (χ3n) is 5.72. The molecule has 1 aliphatic heterocycles. The predicted octanol–water partition coefficient (Wildman–Crippen LogP) is 2.32. The van der Waals surface area contributed by atoms with Gasteiger partial charge in [-0.2, -0.15) is 0 Å².